The van der Waals surface area contributed by atoms with Crippen molar-refractivity contribution < 1.29 is 19.0 Å². The zero-order chi connectivity index (χ0) is 15.1. The quantitative estimate of drug-likeness (QED) is 0.793. The van der Waals surface area contributed by atoms with Gasteiger partial charge in [0.2, 0.25) is 11.7 Å². The molecule has 1 unspecified atom stereocenters. The van der Waals surface area contributed by atoms with E-state index in [0.717, 1.165) is 5.56 Å². The molecule has 1 aromatic rings. The van der Waals surface area contributed by atoms with Gasteiger partial charge < -0.3 is 25.3 Å². The average Bonchev–Trinajstić information content (AvgIpc) is 2.50. The van der Waals surface area contributed by atoms with E-state index in [1.165, 1.54) is 0 Å². The summed E-state index contributed by atoms with van der Waals surface area (Å²) in [5.74, 6) is 1.35. The van der Waals surface area contributed by atoms with Crippen molar-refractivity contribution in [1.82, 2.24) is 5.32 Å². The zero-order valence-corrected chi connectivity index (χ0v) is 13.6. The number of amides is 1. The fraction of sp³-hybridized carbons (Fsp3) is 0.500. The molecule has 0 saturated heterocycles. The van der Waals surface area contributed by atoms with Crippen LogP contribution in [0.5, 0.6) is 17.2 Å². The first kappa shape index (κ1) is 19.3. The Morgan fingerprint density at radius 2 is 1.71 bits per heavy atom. The number of rotatable bonds is 7. The number of hydrogen-bond donors (Lipinski definition) is 2. The molecular formula is C14H23ClN2O4. The third-order valence-corrected chi connectivity index (χ3v) is 2.99. The molecule has 1 aromatic carbocycles. The lowest BCUT2D eigenvalue weighted by molar-refractivity contribution is -0.124. The predicted molar refractivity (Wildman–Crippen MR) is 83.4 cm³/mol. The summed E-state index contributed by atoms with van der Waals surface area (Å²) >= 11 is 0. The van der Waals surface area contributed by atoms with Crippen molar-refractivity contribution in [2.45, 2.75) is 13.5 Å². The minimum Gasteiger partial charge on any atom is -0.493 e. The first-order valence-electron chi connectivity index (χ1n) is 6.34. The molecule has 7 heteroatoms. The molecule has 1 atom stereocenters. The number of ether oxygens (including phenoxy) is 3. The van der Waals surface area contributed by atoms with Gasteiger partial charge in [0.05, 0.1) is 21.3 Å². The van der Waals surface area contributed by atoms with Crippen LogP contribution in [0.15, 0.2) is 12.1 Å². The van der Waals surface area contributed by atoms with Crippen molar-refractivity contribution >= 4 is 18.3 Å². The summed E-state index contributed by atoms with van der Waals surface area (Å²) in [7, 11) is 4.65. The fourth-order valence-electron chi connectivity index (χ4n) is 1.71. The highest BCUT2D eigenvalue weighted by molar-refractivity contribution is 5.85. The van der Waals surface area contributed by atoms with Crippen LogP contribution in [0.3, 0.4) is 0 Å². The summed E-state index contributed by atoms with van der Waals surface area (Å²) in [6.07, 6.45) is 0. The lowest BCUT2D eigenvalue weighted by atomic mass is 10.1. The third-order valence-electron chi connectivity index (χ3n) is 2.99. The average molecular weight is 319 g/mol. The van der Waals surface area contributed by atoms with Gasteiger partial charge in [-0.25, -0.2) is 0 Å². The third kappa shape index (κ3) is 4.99. The number of carbonyl (C=O) groups is 1. The second-order valence-electron chi connectivity index (χ2n) is 4.39. The van der Waals surface area contributed by atoms with Gasteiger partial charge in [0.15, 0.2) is 11.5 Å². The Labute approximate surface area is 131 Å². The number of halogens is 1. The lowest BCUT2D eigenvalue weighted by Gasteiger charge is -2.15. The van der Waals surface area contributed by atoms with Crippen molar-refractivity contribution in [2.24, 2.45) is 11.7 Å². The molecule has 0 aliphatic heterocycles. The maximum absolute atomic E-state index is 11.7. The summed E-state index contributed by atoms with van der Waals surface area (Å²) in [5, 5.41) is 2.82. The molecule has 0 saturated carbocycles. The van der Waals surface area contributed by atoms with E-state index in [1.807, 2.05) is 0 Å². The molecule has 0 spiro atoms. The van der Waals surface area contributed by atoms with Gasteiger partial charge in [-0.1, -0.05) is 6.92 Å². The largest absolute Gasteiger partial charge is 0.493 e. The number of nitrogens with one attached hydrogen (secondary N) is 1. The SMILES string of the molecule is COc1cc(CNC(=O)C(C)CN)cc(OC)c1OC.Cl. The molecule has 0 fully saturated rings. The second kappa shape index (κ2) is 9.31. The molecule has 3 N–H and O–H groups in total. The van der Waals surface area contributed by atoms with Gasteiger partial charge in [0.1, 0.15) is 0 Å². The number of carbonyl (C=O) groups excluding carboxylic acids is 1. The molecule has 0 aliphatic rings. The molecule has 1 rings (SSSR count). The summed E-state index contributed by atoms with van der Waals surface area (Å²) in [5.41, 5.74) is 6.31. The standard InChI is InChI=1S/C14H22N2O4.ClH/c1-9(7-15)14(17)16-8-10-5-11(18-2)13(20-4)12(6-10)19-3;/h5-6,9H,7-8,15H2,1-4H3,(H,16,17);1H. The summed E-state index contributed by atoms with van der Waals surface area (Å²) in [6.45, 7) is 2.48. The second-order valence-corrected chi connectivity index (χ2v) is 4.39. The van der Waals surface area contributed by atoms with Gasteiger partial charge in [-0.05, 0) is 17.7 Å². The van der Waals surface area contributed by atoms with Crippen LogP contribution in [0, 0.1) is 5.92 Å². The molecule has 21 heavy (non-hydrogen) atoms. The summed E-state index contributed by atoms with van der Waals surface area (Å²) in [4.78, 5) is 11.7. The van der Waals surface area contributed by atoms with Crippen molar-refractivity contribution in [3.05, 3.63) is 17.7 Å². The maximum atomic E-state index is 11.7. The predicted octanol–water partition coefficient (Wildman–Crippen LogP) is 1.35. The minimum absolute atomic E-state index is 0. The van der Waals surface area contributed by atoms with E-state index in [4.69, 9.17) is 19.9 Å². The summed E-state index contributed by atoms with van der Waals surface area (Å²) < 4.78 is 15.8. The Hall–Kier alpha value is -1.66. The number of nitrogens with two attached hydrogens (primary N) is 1. The van der Waals surface area contributed by atoms with E-state index < -0.39 is 0 Å². The van der Waals surface area contributed by atoms with E-state index in [9.17, 15) is 4.79 Å². The van der Waals surface area contributed by atoms with Crippen LogP contribution in [-0.2, 0) is 11.3 Å². The number of hydrogen-bond acceptors (Lipinski definition) is 5. The Morgan fingerprint density at radius 1 is 1.19 bits per heavy atom. The maximum Gasteiger partial charge on any atom is 0.224 e. The van der Waals surface area contributed by atoms with Gasteiger partial charge in [-0.15, -0.1) is 12.4 Å². The van der Waals surface area contributed by atoms with E-state index in [0.29, 0.717) is 30.3 Å². The highest BCUT2D eigenvalue weighted by Crippen LogP contribution is 2.38. The van der Waals surface area contributed by atoms with Crippen LogP contribution in [0.1, 0.15) is 12.5 Å². The van der Waals surface area contributed by atoms with Crippen molar-refractivity contribution in [3.63, 3.8) is 0 Å². The molecule has 0 aromatic heterocycles. The smallest absolute Gasteiger partial charge is 0.224 e. The van der Waals surface area contributed by atoms with E-state index >= 15 is 0 Å². The van der Waals surface area contributed by atoms with Crippen LogP contribution in [0.25, 0.3) is 0 Å². The van der Waals surface area contributed by atoms with Crippen molar-refractivity contribution in [2.75, 3.05) is 27.9 Å². The van der Waals surface area contributed by atoms with E-state index in [2.05, 4.69) is 5.32 Å². The molecule has 0 aliphatic carbocycles. The Kier molecular flexibility index (Phi) is 8.57. The first-order chi connectivity index (χ1) is 9.57. The fourth-order valence-corrected chi connectivity index (χ4v) is 1.71. The van der Waals surface area contributed by atoms with Crippen molar-refractivity contribution in [1.29, 1.82) is 0 Å². The highest BCUT2D eigenvalue weighted by atomic mass is 35.5. The normalized spacial score (nSPS) is 11.1. The van der Waals surface area contributed by atoms with Crippen LogP contribution in [0.4, 0.5) is 0 Å². The lowest BCUT2D eigenvalue weighted by Crippen LogP contribution is -2.32. The molecule has 6 nitrogen and oxygen atoms in total. The minimum atomic E-state index is -0.211. The van der Waals surface area contributed by atoms with Gasteiger partial charge in [-0.2, -0.15) is 0 Å². The zero-order valence-electron chi connectivity index (χ0n) is 12.8. The Morgan fingerprint density at radius 3 is 2.10 bits per heavy atom. The number of benzene rings is 1. The first-order valence-corrected chi connectivity index (χ1v) is 6.34. The van der Waals surface area contributed by atoms with Gasteiger partial charge >= 0.3 is 0 Å². The van der Waals surface area contributed by atoms with Gasteiger partial charge in [-0.3, -0.25) is 4.79 Å². The van der Waals surface area contributed by atoms with E-state index in [1.54, 1.807) is 40.4 Å². The van der Waals surface area contributed by atoms with Crippen LogP contribution in [-0.4, -0.2) is 33.8 Å². The molecule has 1 amide bonds. The van der Waals surface area contributed by atoms with Gasteiger partial charge in [0, 0.05) is 19.0 Å². The number of methoxy groups -OCH3 is 3. The highest BCUT2D eigenvalue weighted by Gasteiger charge is 2.14. The topological polar surface area (TPSA) is 82.8 Å². The van der Waals surface area contributed by atoms with Crippen LogP contribution >= 0.6 is 12.4 Å². The van der Waals surface area contributed by atoms with Crippen LogP contribution in [0.2, 0.25) is 0 Å². The Bertz CT molecular complexity index is 443. The molecule has 0 bridgehead atoms. The van der Waals surface area contributed by atoms with Gasteiger partial charge in [0.25, 0.3) is 0 Å². The van der Waals surface area contributed by atoms with E-state index in [-0.39, 0.29) is 24.2 Å². The Balaban J connectivity index is 0.00000400. The van der Waals surface area contributed by atoms with Crippen LogP contribution < -0.4 is 25.3 Å². The molecule has 0 heterocycles. The molecule has 120 valence electrons. The molecular weight excluding hydrogens is 296 g/mol. The molecule has 0 radical (unpaired) electrons. The summed E-state index contributed by atoms with van der Waals surface area (Å²) in [6, 6.07) is 3.60. The monoisotopic (exact) mass is 318 g/mol. The van der Waals surface area contributed by atoms with Crippen molar-refractivity contribution in [3.8, 4) is 17.2 Å².